The van der Waals surface area contributed by atoms with Gasteiger partial charge in [-0.05, 0) is 12.1 Å². The molecule has 0 unspecified atom stereocenters. The van der Waals surface area contributed by atoms with Gasteiger partial charge in [-0.2, -0.15) is 21.6 Å². The van der Waals surface area contributed by atoms with Crippen LogP contribution in [0.15, 0.2) is 42.0 Å². The minimum Gasteiger partial charge on any atom is -0.375 e. The maximum atomic E-state index is 12.3. The molecular formula is C12H7F3N2O3S2. The summed E-state index contributed by atoms with van der Waals surface area (Å²) in [7, 11) is -5.67. The average molecular weight is 348 g/mol. The maximum absolute atomic E-state index is 12.3. The molecule has 22 heavy (non-hydrogen) atoms. The number of imidazole rings is 1. The van der Waals surface area contributed by atoms with Crippen molar-refractivity contribution >= 4 is 32.5 Å². The summed E-state index contributed by atoms with van der Waals surface area (Å²) in [4.78, 5) is 4.15. The number of hydrogen-bond donors (Lipinski definition) is 0. The second-order valence-electron chi connectivity index (χ2n) is 4.21. The fourth-order valence-electron chi connectivity index (χ4n) is 1.79. The summed E-state index contributed by atoms with van der Waals surface area (Å²) in [5.41, 5.74) is -4.01. The number of thiophene rings is 1. The second-order valence-corrected chi connectivity index (χ2v) is 6.63. The number of fused-ring (bicyclic) bond motifs is 1. The maximum Gasteiger partial charge on any atom is 0.534 e. The SMILES string of the molecule is O=S(=O)(Oc1csc(-n2cnc3ccccc32)c1)C(F)(F)F. The predicted octanol–water partition coefficient (Wildman–Crippen LogP) is 3.32. The molecule has 0 atom stereocenters. The first-order valence-electron chi connectivity index (χ1n) is 5.80. The number of nitrogens with zero attached hydrogens (tertiary/aromatic N) is 2. The lowest BCUT2D eigenvalue weighted by Crippen LogP contribution is -2.27. The van der Waals surface area contributed by atoms with E-state index in [1.807, 2.05) is 0 Å². The van der Waals surface area contributed by atoms with Crippen molar-refractivity contribution < 1.29 is 25.8 Å². The van der Waals surface area contributed by atoms with Crippen molar-refractivity contribution in [1.82, 2.24) is 9.55 Å². The van der Waals surface area contributed by atoms with Crippen LogP contribution < -0.4 is 4.18 Å². The molecule has 0 amide bonds. The van der Waals surface area contributed by atoms with Crippen molar-refractivity contribution in [2.75, 3.05) is 0 Å². The van der Waals surface area contributed by atoms with E-state index in [1.54, 1.807) is 28.8 Å². The fraction of sp³-hybridized carbons (Fsp3) is 0.0833. The van der Waals surface area contributed by atoms with Crippen LogP contribution in [0.5, 0.6) is 5.75 Å². The second kappa shape index (κ2) is 4.99. The van der Waals surface area contributed by atoms with Gasteiger partial charge in [-0.3, -0.25) is 4.57 Å². The van der Waals surface area contributed by atoms with Gasteiger partial charge in [0.05, 0.1) is 11.0 Å². The minimum atomic E-state index is -5.67. The summed E-state index contributed by atoms with van der Waals surface area (Å²) in [6.45, 7) is 0. The van der Waals surface area contributed by atoms with Gasteiger partial charge < -0.3 is 4.18 Å². The Balaban J connectivity index is 1.95. The first-order valence-corrected chi connectivity index (χ1v) is 8.08. The molecule has 0 fully saturated rings. The molecule has 0 saturated heterocycles. The van der Waals surface area contributed by atoms with Gasteiger partial charge in [0.1, 0.15) is 11.3 Å². The molecule has 2 aromatic heterocycles. The Morgan fingerprint density at radius 3 is 2.68 bits per heavy atom. The molecular weight excluding hydrogens is 341 g/mol. The van der Waals surface area contributed by atoms with Crippen molar-refractivity contribution in [3.63, 3.8) is 0 Å². The van der Waals surface area contributed by atoms with E-state index >= 15 is 0 Å². The predicted molar refractivity (Wildman–Crippen MR) is 74.5 cm³/mol. The number of rotatable bonds is 3. The lowest BCUT2D eigenvalue weighted by atomic mass is 10.3. The number of hydrogen-bond acceptors (Lipinski definition) is 5. The van der Waals surface area contributed by atoms with Gasteiger partial charge in [-0.25, -0.2) is 4.98 Å². The molecule has 2 heterocycles. The van der Waals surface area contributed by atoms with Crippen LogP contribution in [-0.2, 0) is 10.1 Å². The van der Waals surface area contributed by atoms with Gasteiger partial charge in [-0.1, -0.05) is 12.1 Å². The van der Waals surface area contributed by atoms with Crippen LogP contribution >= 0.6 is 11.3 Å². The highest BCUT2D eigenvalue weighted by atomic mass is 32.2. The van der Waals surface area contributed by atoms with Gasteiger partial charge in [-0.15, -0.1) is 11.3 Å². The van der Waals surface area contributed by atoms with Gasteiger partial charge in [0.25, 0.3) is 0 Å². The van der Waals surface area contributed by atoms with E-state index in [1.165, 1.54) is 17.8 Å². The average Bonchev–Trinajstić information content (AvgIpc) is 3.03. The third-order valence-electron chi connectivity index (χ3n) is 2.74. The fourth-order valence-corrected chi connectivity index (χ4v) is 3.09. The molecule has 3 aromatic rings. The molecule has 0 spiro atoms. The molecule has 0 aliphatic rings. The number of para-hydroxylation sites is 2. The van der Waals surface area contributed by atoms with Gasteiger partial charge in [0, 0.05) is 11.4 Å². The van der Waals surface area contributed by atoms with E-state index in [-0.39, 0.29) is 0 Å². The summed E-state index contributed by atoms with van der Waals surface area (Å²) in [5, 5.41) is 1.67. The lowest BCUT2D eigenvalue weighted by Gasteiger charge is -2.07. The van der Waals surface area contributed by atoms with Crippen LogP contribution in [0.1, 0.15) is 0 Å². The largest absolute Gasteiger partial charge is 0.534 e. The molecule has 10 heteroatoms. The summed E-state index contributed by atoms with van der Waals surface area (Å²) in [5.74, 6) is -0.393. The first-order chi connectivity index (χ1) is 10.3. The Kier molecular flexibility index (Phi) is 3.37. The molecule has 0 aliphatic carbocycles. The summed E-state index contributed by atoms with van der Waals surface area (Å²) in [6.07, 6.45) is 1.50. The normalized spacial score (nSPS) is 12.7. The third-order valence-corrected chi connectivity index (χ3v) is 4.63. The van der Waals surface area contributed by atoms with Crippen LogP contribution in [0, 0.1) is 0 Å². The Labute approximate surface area is 126 Å². The van der Waals surface area contributed by atoms with Crippen LogP contribution in [-0.4, -0.2) is 23.5 Å². The Bertz CT molecular complexity index is 928. The van der Waals surface area contributed by atoms with E-state index < -0.39 is 21.4 Å². The zero-order valence-corrected chi connectivity index (χ0v) is 12.2. The van der Waals surface area contributed by atoms with Crippen LogP contribution in [0.3, 0.4) is 0 Å². The molecule has 3 rings (SSSR count). The summed E-state index contributed by atoms with van der Waals surface area (Å²) >= 11 is 1.04. The lowest BCUT2D eigenvalue weighted by molar-refractivity contribution is -0.0499. The Morgan fingerprint density at radius 1 is 1.23 bits per heavy atom. The van der Waals surface area contributed by atoms with Gasteiger partial charge in [0.2, 0.25) is 0 Å². The smallest absolute Gasteiger partial charge is 0.375 e. The van der Waals surface area contributed by atoms with Crippen LogP contribution in [0.2, 0.25) is 0 Å². The highest BCUT2D eigenvalue weighted by molar-refractivity contribution is 7.88. The topological polar surface area (TPSA) is 61.2 Å². The summed E-state index contributed by atoms with van der Waals surface area (Å²) in [6, 6.07) is 8.38. The quantitative estimate of drug-likeness (QED) is 0.538. The monoisotopic (exact) mass is 348 g/mol. The zero-order valence-electron chi connectivity index (χ0n) is 10.6. The Hall–Kier alpha value is -2.07. The van der Waals surface area contributed by atoms with E-state index in [2.05, 4.69) is 9.17 Å². The highest BCUT2D eigenvalue weighted by Gasteiger charge is 2.48. The number of halogens is 3. The minimum absolute atomic E-state index is 0.393. The molecule has 1 aromatic carbocycles. The van der Waals surface area contributed by atoms with E-state index in [4.69, 9.17) is 0 Å². The Morgan fingerprint density at radius 2 is 1.95 bits per heavy atom. The first kappa shape index (κ1) is 14.9. The van der Waals surface area contributed by atoms with E-state index in [0.717, 1.165) is 16.9 Å². The molecule has 0 bridgehead atoms. The van der Waals surface area contributed by atoms with E-state index in [9.17, 15) is 21.6 Å². The van der Waals surface area contributed by atoms with Crippen molar-refractivity contribution in [2.24, 2.45) is 0 Å². The van der Waals surface area contributed by atoms with E-state index in [0.29, 0.717) is 10.5 Å². The molecule has 5 nitrogen and oxygen atoms in total. The molecule has 116 valence electrons. The van der Waals surface area contributed by atoms with Gasteiger partial charge in [0.15, 0.2) is 5.75 Å². The van der Waals surface area contributed by atoms with Crippen LogP contribution in [0.4, 0.5) is 13.2 Å². The summed E-state index contributed by atoms with van der Waals surface area (Å²) < 4.78 is 64.5. The number of alkyl halides is 3. The van der Waals surface area contributed by atoms with Crippen molar-refractivity contribution in [1.29, 1.82) is 0 Å². The van der Waals surface area contributed by atoms with Crippen molar-refractivity contribution in [2.45, 2.75) is 5.51 Å². The zero-order chi connectivity index (χ0) is 16.0. The van der Waals surface area contributed by atoms with Crippen LogP contribution in [0.25, 0.3) is 16.0 Å². The van der Waals surface area contributed by atoms with Gasteiger partial charge >= 0.3 is 15.6 Å². The molecule has 0 N–H and O–H groups in total. The molecule has 0 aliphatic heterocycles. The number of aromatic nitrogens is 2. The standard InChI is InChI=1S/C12H7F3N2O3S2/c13-12(14,15)22(18,19)20-8-5-11(21-6-8)17-7-16-9-3-1-2-4-10(9)17/h1-7H. The highest BCUT2D eigenvalue weighted by Crippen LogP contribution is 2.32. The molecule has 0 radical (unpaired) electrons. The van der Waals surface area contributed by atoms with Crippen molar-refractivity contribution in [3.05, 3.63) is 42.0 Å². The third kappa shape index (κ3) is 2.55. The number of benzene rings is 1. The van der Waals surface area contributed by atoms with Crippen molar-refractivity contribution in [3.8, 4) is 10.8 Å². The molecule has 0 saturated carbocycles.